The Bertz CT molecular complexity index is 995. The Morgan fingerprint density at radius 3 is 2.39 bits per heavy atom. The number of allylic oxidation sites excluding steroid dienone is 1. The highest BCUT2D eigenvalue weighted by molar-refractivity contribution is 7.99. The van der Waals surface area contributed by atoms with Crippen molar-refractivity contribution in [3.05, 3.63) is 78.9 Å². The van der Waals surface area contributed by atoms with Crippen LogP contribution in [-0.4, -0.2) is 44.4 Å². The van der Waals surface area contributed by atoms with Crippen LogP contribution >= 0.6 is 11.8 Å². The van der Waals surface area contributed by atoms with Gasteiger partial charge in [0.15, 0.2) is 11.0 Å². The van der Waals surface area contributed by atoms with Gasteiger partial charge >= 0.3 is 0 Å². The summed E-state index contributed by atoms with van der Waals surface area (Å²) in [5.74, 6) is 2.02. The zero-order valence-corrected chi connectivity index (χ0v) is 18.5. The lowest BCUT2D eigenvalue weighted by Crippen LogP contribution is -2.39. The molecule has 1 aromatic heterocycles. The van der Waals surface area contributed by atoms with Crippen LogP contribution in [0.4, 0.5) is 0 Å². The summed E-state index contributed by atoms with van der Waals surface area (Å²) in [6, 6.07) is 20.6. The fourth-order valence-electron chi connectivity index (χ4n) is 4.04. The smallest absolute Gasteiger partial charge is 0.233 e. The summed E-state index contributed by atoms with van der Waals surface area (Å²) in [5, 5.41) is 9.46. The third-order valence-electron chi connectivity index (χ3n) is 5.72. The van der Waals surface area contributed by atoms with Crippen molar-refractivity contribution in [2.75, 3.05) is 18.8 Å². The zero-order valence-electron chi connectivity index (χ0n) is 17.7. The first-order valence-electron chi connectivity index (χ1n) is 10.8. The molecule has 1 amide bonds. The third kappa shape index (κ3) is 5.44. The van der Waals surface area contributed by atoms with E-state index in [1.807, 2.05) is 45.9 Å². The van der Waals surface area contributed by atoms with Crippen molar-refractivity contribution in [3.63, 3.8) is 0 Å². The summed E-state index contributed by atoms with van der Waals surface area (Å²) in [6.45, 7) is 6.14. The number of carbonyl (C=O) groups excluding carboxylic acids is 1. The number of hydrogen-bond donors (Lipinski definition) is 0. The molecule has 1 aliphatic rings. The van der Waals surface area contributed by atoms with Gasteiger partial charge in [0.1, 0.15) is 0 Å². The lowest BCUT2D eigenvalue weighted by Gasteiger charge is -2.32. The molecule has 5 nitrogen and oxygen atoms in total. The Hall–Kier alpha value is -2.86. The van der Waals surface area contributed by atoms with E-state index in [0.717, 1.165) is 48.9 Å². The normalized spacial score (nSPS) is 14.5. The number of benzene rings is 2. The summed E-state index contributed by atoms with van der Waals surface area (Å²) in [6.07, 6.45) is 5.07. The van der Waals surface area contributed by atoms with E-state index >= 15 is 0 Å². The highest BCUT2D eigenvalue weighted by atomic mass is 32.2. The first-order chi connectivity index (χ1) is 15.2. The van der Waals surface area contributed by atoms with Crippen LogP contribution < -0.4 is 0 Å². The van der Waals surface area contributed by atoms with Crippen LogP contribution in [0.2, 0.25) is 0 Å². The Labute approximate surface area is 188 Å². The van der Waals surface area contributed by atoms with E-state index in [2.05, 4.69) is 47.1 Å². The van der Waals surface area contributed by atoms with Crippen LogP contribution in [0, 0.1) is 5.92 Å². The van der Waals surface area contributed by atoms with Crippen molar-refractivity contribution in [1.82, 2.24) is 19.7 Å². The number of likely N-dealkylation sites (tertiary alicyclic amines) is 1. The average Bonchev–Trinajstić information content (AvgIpc) is 3.22. The highest BCUT2D eigenvalue weighted by Gasteiger charge is 2.24. The number of nitrogens with zero attached hydrogens (tertiary/aromatic N) is 4. The minimum absolute atomic E-state index is 0.178. The molecular weight excluding hydrogens is 404 g/mol. The molecule has 1 aliphatic heterocycles. The van der Waals surface area contributed by atoms with Crippen LogP contribution in [-0.2, 0) is 17.8 Å². The summed E-state index contributed by atoms with van der Waals surface area (Å²) in [5.41, 5.74) is 2.40. The van der Waals surface area contributed by atoms with Crippen molar-refractivity contribution in [1.29, 1.82) is 0 Å². The van der Waals surface area contributed by atoms with E-state index in [9.17, 15) is 4.79 Å². The number of hydrogen-bond acceptors (Lipinski definition) is 4. The van der Waals surface area contributed by atoms with Crippen molar-refractivity contribution < 1.29 is 4.79 Å². The van der Waals surface area contributed by atoms with Gasteiger partial charge in [-0.1, -0.05) is 78.5 Å². The SMILES string of the molecule is C=CCn1c(SCC(=O)N2CCC(Cc3ccccc3)CC2)nnc1-c1ccccc1. The molecule has 2 aromatic carbocycles. The molecule has 1 saturated heterocycles. The number of thioether (sulfide) groups is 1. The maximum Gasteiger partial charge on any atom is 0.233 e. The molecule has 0 N–H and O–H groups in total. The number of aromatic nitrogens is 3. The lowest BCUT2D eigenvalue weighted by molar-refractivity contribution is -0.129. The van der Waals surface area contributed by atoms with E-state index in [-0.39, 0.29) is 5.91 Å². The largest absolute Gasteiger partial charge is 0.342 e. The van der Waals surface area contributed by atoms with Gasteiger partial charge in [-0.15, -0.1) is 16.8 Å². The van der Waals surface area contributed by atoms with Gasteiger partial charge in [0.05, 0.1) is 5.75 Å². The predicted molar refractivity (Wildman–Crippen MR) is 126 cm³/mol. The molecular formula is C25H28N4OS. The predicted octanol–water partition coefficient (Wildman–Crippen LogP) is 4.70. The second-order valence-corrected chi connectivity index (χ2v) is 8.82. The molecule has 0 aliphatic carbocycles. The number of carbonyl (C=O) groups is 1. The summed E-state index contributed by atoms with van der Waals surface area (Å²) >= 11 is 1.46. The highest BCUT2D eigenvalue weighted by Crippen LogP contribution is 2.26. The average molecular weight is 433 g/mol. The van der Waals surface area contributed by atoms with Crippen LogP contribution in [0.3, 0.4) is 0 Å². The van der Waals surface area contributed by atoms with Crippen molar-refractivity contribution in [2.45, 2.75) is 31.0 Å². The van der Waals surface area contributed by atoms with Gasteiger partial charge in [-0.2, -0.15) is 0 Å². The Balaban J connectivity index is 1.32. The molecule has 0 spiro atoms. The Morgan fingerprint density at radius 1 is 1.03 bits per heavy atom. The summed E-state index contributed by atoms with van der Waals surface area (Å²) in [4.78, 5) is 14.8. The molecule has 0 unspecified atom stereocenters. The van der Waals surface area contributed by atoms with Gasteiger partial charge in [-0.05, 0) is 30.7 Å². The zero-order chi connectivity index (χ0) is 21.5. The summed E-state index contributed by atoms with van der Waals surface area (Å²) in [7, 11) is 0. The molecule has 0 atom stereocenters. The number of piperidine rings is 1. The molecule has 1 fully saturated rings. The van der Waals surface area contributed by atoms with Crippen molar-refractivity contribution >= 4 is 17.7 Å². The quantitative estimate of drug-likeness (QED) is 0.382. The first-order valence-corrected chi connectivity index (χ1v) is 11.8. The molecule has 31 heavy (non-hydrogen) atoms. The maximum atomic E-state index is 12.8. The van der Waals surface area contributed by atoms with E-state index in [4.69, 9.17) is 0 Å². The fraction of sp³-hybridized carbons (Fsp3) is 0.320. The molecule has 0 saturated carbocycles. The lowest BCUT2D eigenvalue weighted by atomic mass is 9.90. The van der Waals surface area contributed by atoms with Gasteiger partial charge in [0.2, 0.25) is 5.91 Å². The van der Waals surface area contributed by atoms with E-state index in [0.29, 0.717) is 18.2 Å². The molecule has 160 valence electrons. The van der Waals surface area contributed by atoms with Crippen molar-refractivity contribution in [2.24, 2.45) is 5.92 Å². The van der Waals surface area contributed by atoms with Crippen LogP contribution in [0.5, 0.6) is 0 Å². The van der Waals surface area contributed by atoms with Crippen LogP contribution in [0.25, 0.3) is 11.4 Å². The maximum absolute atomic E-state index is 12.8. The molecule has 6 heteroatoms. The molecule has 3 aromatic rings. The second-order valence-electron chi connectivity index (χ2n) is 7.87. The van der Waals surface area contributed by atoms with Gasteiger partial charge in [0.25, 0.3) is 0 Å². The van der Waals surface area contributed by atoms with E-state index < -0.39 is 0 Å². The van der Waals surface area contributed by atoms with E-state index in [1.165, 1.54) is 17.3 Å². The second kappa shape index (κ2) is 10.4. The fourth-order valence-corrected chi connectivity index (χ4v) is 4.89. The number of rotatable bonds is 8. The van der Waals surface area contributed by atoms with Gasteiger partial charge in [-0.3, -0.25) is 9.36 Å². The standard InChI is InChI=1S/C25H28N4OS/c1-2-15-29-24(22-11-7-4-8-12-22)26-27-25(29)31-19-23(30)28-16-13-21(14-17-28)18-20-9-5-3-6-10-20/h2-12,21H,1,13-19H2. The van der Waals surface area contributed by atoms with Crippen molar-refractivity contribution in [3.8, 4) is 11.4 Å². The monoisotopic (exact) mass is 432 g/mol. The first kappa shape index (κ1) is 21.4. The Morgan fingerprint density at radius 2 is 1.71 bits per heavy atom. The molecule has 0 bridgehead atoms. The summed E-state index contributed by atoms with van der Waals surface area (Å²) < 4.78 is 2.02. The molecule has 2 heterocycles. The molecule has 0 radical (unpaired) electrons. The minimum Gasteiger partial charge on any atom is -0.342 e. The van der Waals surface area contributed by atoms with Crippen LogP contribution in [0.1, 0.15) is 18.4 Å². The Kier molecular flexibility index (Phi) is 7.20. The van der Waals surface area contributed by atoms with Crippen LogP contribution in [0.15, 0.2) is 78.5 Å². The van der Waals surface area contributed by atoms with Gasteiger partial charge in [0, 0.05) is 25.2 Å². The molecule has 4 rings (SSSR count). The van der Waals surface area contributed by atoms with E-state index in [1.54, 1.807) is 0 Å². The van der Waals surface area contributed by atoms with Gasteiger partial charge in [-0.25, -0.2) is 0 Å². The number of amides is 1. The topological polar surface area (TPSA) is 51.0 Å². The van der Waals surface area contributed by atoms with Gasteiger partial charge < -0.3 is 4.90 Å². The minimum atomic E-state index is 0.178. The third-order valence-corrected chi connectivity index (χ3v) is 6.67.